The van der Waals surface area contributed by atoms with Crippen LogP contribution < -0.4 is 9.47 Å². The van der Waals surface area contributed by atoms with E-state index in [1.165, 1.54) is 11.2 Å². The average molecular weight is 476 g/mol. The van der Waals surface area contributed by atoms with Gasteiger partial charge in [-0.15, -0.1) is 0 Å². The lowest BCUT2D eigenvalue weighted by Crippen LogP contribution is -2.29. The fourth-order valence-corrected chi connectivity index (χ4v) is 4.50. The van der Waals surface area contributed by atoms with Crippen molar-refractivity contribution in [3.05, 3.63) is 88.4 Å². The third-order valence-corrected chi connectivity index (χ3v) is 6.31. The maximum atomic E-state index is 13.4. The van der Waals surface area contributed by atoms with Gasteiger partial charge in [0.25, 0.3) is 11.7 Å². The molecule has 1 aliphatic heterocycles. The predicted molar refractivity (Wildman–Crippen MR) is 131 cm³/mol. The predicted octanol–water partition coefficient (Wildman–Crippen LogP) is 5.35. The van der Waals surface area contributed by atoms with E-state index < -0.39 is 17.7 Å². The van der Waals surface area contributed by atoms with E-state index in [4.69, 9.17) is 13.9 Å². The van der Waals surface area contributed by atoms with E-state index >= 15 is 0 Å². The number of aliphatic hydroxyl groups is 1. The second-order valence-corrected chi connectivity index (χ2v) is 8.85. The number of carbonyl (C=O) groups excluding carboxylic acids is 2. The number of aryl methyl sites for hydroxylation is 1. The van der Waals surface area contributed by atoms with Crippen LogP contribution in [0.25, 0.3) is 5.76 Å². The molecule has 3 aromatic rings. The smallest absolute Gasteiger partial charge is 0.296 e. The molecule has 1 amide bonds. The third-order valence-electron chi connectivity index (χ3n) is 6.31. The lowest BCUT2D eigenvalue weighted by atomic mass is 9.91. The number of methoxy groups -OCH3 is 2. The van der Waals surface area contributed by atoms with E-state index in [0.717, 1.165) is 11.1 Å². The minimum atomic E-state index is -0.820. The Morgan fingerprint density at radius 2 is 1.86 bits per heavy atom. The van der Waals surface area contributed by atoms with Crippen molar-refractivity contribution in [2.45, 2.75) is 39.3 Å². The Kier molecular flexibility index (Phi) is 6.69. The maximum Gasteiger partial charge on any atom is 0.296 e. The fraction of sp³-hybridized carbons (Fsp3) is 0.286. The average Bonchev–Trinajstić information content (AvgIpc) is 3.45. The molecular formula is C28H29NO6. The van der Waals surface area contributed by atoms with Crippen molar-refractivity contribution in [2.75, 3.05) is 14.2 Å². The molecule has 4 rings (SSSR count). The van der Waals surface area contributed by atoms with Gasteiger partial charge in [0.15, 0.2) is 0 Å². The Morgan fingerprint density at radius 1 is 1.09 bits per heavy atom. The molecule has 1 unspecified atom stereocenters. The number of rotatable bonds is 7. The van der Waals surface area contributed by atoms with Gasteiger partial charge in [-0.25, -0.2) is 0 Å². The zero-order valence-corrected chi connectivity index (χ0v) is 20.5. The summed E-state index contributed by atoms with van der Waals surface area (Å²) in [6, 6.07) is 13.5. The van der Waals surface area contributed by atoms with E-state index in [2.05, 4.69) is 0 Å². The Hall–Kier alpha value is -4.00. The molecule has 7 heteroatoms. The van der Waals surface area contributed by atoms with Crippen molar-refractivity contribution in [3.63, 3.8) is 0 Å². The Bertz CT molecular complexity index is 1290. The first-order valence-electron chi connectivity index (χ1n) is 11.4. The Balaban J connectivity index is 1.93. The van der Waals surface area contributed by atoms with Crippen LogP contribution in [0.2, 0.25) is 0 Å². The van der Waals surface area contributed by atoms with Crippen LogP contribution in [0.3, 0.4) is 0 Å². The van der Waals surface area contributed by atoms with Crippen LogP contribution in [-0.2, 0) is 16.1 Å². The number of aliphatic hydroxyl groups excluding tert-OH is 1. The molecule has 1 atom stereocenters. The lowest BCUT2D eigenvalue weighted by Gasteiger charge is -2.25. The summed E-state index contributed by atoms with van der Waals surface area (Å²) in [4.78, 5) is 28.0. The van der Waals surface area contributed by atoms with Gasteiger partial charge in [-0.1, -0.05) is 26.0 Å². The molecule has 2 aromatic carbocycles. The molecule has 0 aliphatic carbocycles. The van der Waals surface area contributed by atoms with Gasteiger partial charge in [0.1, 0.15) is 23.0 Å². The first kappa shape index (κ1) is 24.1. The molecule has 1 N–H and O–H groups in total. The highest BCUT2D eigenvalue weighted by Crippen LogP contribution is 2.42. The number of ether oxygens (including phenoxy) is 2. The molecular weight excluding hydrogens is 446 g/mol. The number of Topliss-reactive ketones (excluding diaryl/α,β-unsaturated/α-hetero) is 1. The van der Waals surface area contributed by atoms with Gasteiger partial charge < -0.3 is 23.9 Å². The van der Waals surface area contributed by atoms with Crippen molar-refractivity contribution in [1.29, 1.82) is 0 Å². The van der Waals surface area contributed by atoms with Gasteiger partial charge in [-0.3, -0.25) is 9.59 Å². The fourth-order valence-electron chi connectivity index (χ4n) is 4.50. The minimum Gasteiger partial charge on any atom is -0.507 e. The second-order valence-electron chi connectivity index (χ2n) is 8.85. The topological polar surface area (TPSA) is 89.2 Å². The lowest BCUT2D eigenvalue weighted by molar-refractivity contribution is -0.140. The summed E-state index contributed by atoms with van der Waals surface area (Å²) in [5.74, 6) is 0.259. The van der Waals surface area contributed by atoms with Crippen molar-refractivity contribution < 1.29 is 28.6 Å². The van der Waals surface area contributed by atoms with E-state index in [-0.39, 0.29) is 23.8 Å². The number of furan rings is 1. The summed E-state index contributed by atoms with van der Waals surface area (Å²) in [7, 11) is 3.15. The first-order chi connectivity index (χ1) is 16.8. The molecule has 2 heterocycles. The van der Waals surface area contributed by atoms with Crippen molar-refractivity contribution in [1.82, 2.24) is 4.90 Å². The molecule has 7 nitrogen and oxygen atoms in total. The first-order valence-corrected chi connectivity index (χ1v) is 11.4. The van der Waals surface area contributed by atoms with Gasteiger partial charge in [0.2, 0.25) is 0 Å². The summed E-state index contributed by atoms with van der Waals surface area (Å²) >= 11 is 0. The number of nitrogens with zero attached hydrogens (tertiary/aromatic N) is 1. The standard InChI is InChI=1S/C28H29NO6/c1-16(2)21-14-22(17(3)12-23(21)34-5)26(30)24-25(18-8-6-9-19(13-18)33-4)29(28(32)27(24)31)15-20-10-7-11-35-20/h6-14,16,25,30H,15H2,1-5H3/b26-24+. The summed E-state index contributed by atoms with van der Waals surface area (Å²) in [5.41, 5.74) is 2.77. The third kappa shape index (κ3) is 4.41. The highest BCUT2D eigenvalue weighted by Gasteiger charge is 2.46. The van der Waals surface area contributed by atoms with E-state index in [0.29, 0.717) is 28.4 Å². The SMILES string of the molecule is COc1cccc(C2/C(=C(\O)c3cc(C(C)C)c(OC)cc3C)C(=O)C(=O)N2Cc2ccco2)c1. The number of carbonyl (C=O) groups is 2. The van der Waals surface area contributed by atoms with Crippen molar-refractivity contribution >= 4 is 17.4 Å². The summed E-state index contributed by atoms with van der Waals surface area (Å²) in [6.45, 7) is 5.96. The number of amides is 1. The molecule has 1 saturated heterocycles. The number of hydrogen-bond acceptors (Lipinski definition) is 6. The van der Waals surface area contributed by atoms with Gasteiger partial charge in [-0.05, 0) is 65.9 Å². The molecule has 1 aromatic heterocycles. The van der Waals surface area contributed by atoms with Crippen LogP contribution in [0.5, 0.6) is 11.5 Å². The number of hydrogen-bond donors (Lipinski definition) is 1. The molecule has 0 saturated carbocycles. The summed E-state index contributed by atoms with van der Waals surface area (Å²) < 4.78 is 16.4. The molecule has 0 bridgehead atoms. The number of likely N-dealkylation sites (tertiary alicyclic amines) is 1. The van der Waals surface area contributed by atoms with Crippen molar-refractivity contribution in [2.24, 2.45) is 0 Å². The Labute approximate surface area is 204 Å². The molecule has 35 heavy (non-hydrogen) atoms. The molecule has 0 radical (unpaired) electrons. The zero-order valence-electron chi connectivity index (χ0n) is 20.5. The minimum absolute atomic E-state index is 0.0257. The van der Waals surface area contributed by atoms with Gasteiger partial charge in [0.05, 0.1) is 38.6 Å². The second kappa shape index (κ2) is 9.70. The van der Waals surface area contributed by atoms with E-state index in [1.807, 2.05) is 39.0 Å². The van der Waals surface area contributed by atoms with Crippen molar-refractivity contribution in [3.8, 4) is 11.5 Å². The Morgan fingerprint density at radius 3 is 2.49 bits per heavy atom. The van der Waals surface area contributed by atoms with Crippen LogP contribution in [0, 0.1) is 6.92 Å². The van der Waals surface area contributed by atoms with Crippen LogP contribution in [-0.4, -0.2) is 35.9 Å². The summed E-state index contributed by atoms with van der Waals surface area (Å²) in [6.07, 6.45) is 1.51. The van der Waals surface area contributed by atoms with Gasteiger partial charge >= 0.3 is 0 Å². The molecule has 1 aliphatic rings. The van der Waals surface area contributed by atoms with Crippen LogP contribution in [0.15, 0.2) is 64.8 Å². The molecule has 182 valence electrons. The highest BCUT2D eigenvalue weighted by molar-refractivity contribution is 6.46. The monoisotopic (exact) mass is 475 g/mol. The van der Waals surface area contributed by atoms with Crippen LogP contribution >= 0.6 is 0 Å². The van der Waals surface area contributed by atoms with E-state index in [9.17, 15) is 14.7 Å². The van der Waals surface area contributed by atoms with Gasteiger partial charge in [-0.2, -0.15) is 0 Å². The zero-order chi connectivity index (χ0) is 25.3. The highest BCUT2D eigenvalue weighted by atomic mass is 16.5. The normalized spacial score (nSPS) is 17.3. The van der Waals surface area contributed by atoms with Gasteiger partial charge in [0, 0.05) is 5.56 Å². The van der Waals surface area contributed by atoms with E-state index in [1.54, 1.807) is 44.6 Å². The quantitative estimate of drug-likeness (QED) is 0.281. The largest absolute Gasteiger partial charge is 0.507 e. The number of ketones is 1. The maximum absolute atomic E-state index is 13.4. The summed E-state index contributed by atoms with van der Waals surface area (Å²) in [5, 5.41) is 11.5. The van der Waals surface area contributed by atoms with Crippen LogP contribution in [0.4, 0.5) is 0 Å². The van der Waals surface area contributed by atoms with Crippen LogP contribution in [0.1, 0.15) is 53.8 Å². The molecule has 1 fully saturated rings. The molecule has 0 spiro atoms. The number of benzene rings is 2.